The van der Waals surface area contributed by atoms with Gasteiger partial charge in [-0.3, -0.25) is 0 Å². The van der Waals surface area contributed by atoms with E-state index in [4.69, 9.17) is 19.6 Å². The Bertz CT molecular complexity index is 32.1. The van der Waals surface area contributed by atoms with Crippen molar-refractivity contribution in [2.24, 2.45) is 22.0 Å². The minimum atomic E-state index is -0.667. The average molecular weight is 268 g/mol. The van der Waals surface area contributed by atoms with Crippen LogP contribution in [0.4, 0.5) is 0 Å². The van der Waals surface area contributed by atoms with E-state index in [0.29, 0.717) is 0 Å². The number of hydrogen-bond acceptors (Lipinski definition) is 8. The van der Waals surface area contributed by atoms with Crippen molar-refractivity contribution in [3.8, 4) is 0 Å². The molecule has 0 saturated heterocycles. The molecule has 0 amide bonds. The quantitative estimate of drug-likeness (QED) is 0.314. The Kier molecular flexibility index (Phi) is 159. The second-order valence-electron chi connectivity index (χ2n) is 0.471. The Morgan fingerprint density at radius 2 is 0.538 bits per heavy atom. The minimum absolute atomic E-state index is 0. The summed E-state index contributed by atoms with van der Waals surface area (Å²) in [6.07, 6.45) is 0. The fourth-order valence-corrected chi connectivity index (χ4v) is 0. The third kappa shape index (κ3) is 889. The SMILES string of the molecule is NP[O-].NP[O-].NP[O-].NP[O-].[C+4]. The third-order valence-corrected chi connectivity index (χ3v) is 0. The van der Waals surface area contributed by atoms with Gasteiger partial charge in [0.2, 0.25) is 0 Å². The van der Waals surface area contributed by atoms with Gasteiger partial charge in [0.25, 0.3) is 0 Å². The van der Waals surface area contributed by atoms with Gasteiger partial charge in [-0.1, -0.05) is 0 Å². The Labute approximate surface area is 85.5 Å². The summed E-state index contributed by atoms with van der Waals surface area (Å²) in [5, 5.41) is 0. The van der Waals surface area contributed by atoms with Crippen molar-refractivity contribution >= 4 is 35.8 Å². The fraction of sp³-hybridized carbons (Fsp3) is 0. The van der Waals surface area contributed by atoms with Crippen molar-refractivity contribution < 1.29 is 19.6 Å². The van der Waals surface area contributed by atoms with Crippen LogP contribution in [0.15, 0.2) is 0 Å². The van der Waals surface area contributed by atoms with Gasteiger partial charge in [-0.25, -0.2) is 0 Å². The summed E-state index contributed by atoms with van der Waals surface area (Å²) in [5.41, 5.74) is 17.3. The first-order valence-corrected chi connectivity index (χ1v) is 5.91. The van der Waals surface area contributed by atoms with Crippen LogP contribution in [0.3, 0.4) is 0 Å². The molecule has 0 aliphatic rings. The zero-order valence-electron chi connectivity index (χ0n) is 6.44. The Hall–Kier alpha value is 1.40. The molecule has 4 unspecified atom stereocenters. The van der Waals surface area contributed by atoms with E-state index in [-0.39, 0.29) is 7.43 Å². The van der Waals surface area contributed by atoms with Crippen molar-refractivity contribution in [2.45, 2.75) is 0 Å². The second-order valence-corrected chi connectivity index (χ2v) is 1.41. The van der Waals surface area contributed by atoms with Crippen LogP contribution >= 0.6 is 35.8 Å². The van der Waals surface area contributed by atoms with E-state index < -0.39 is 35.8 Å². The zero-order valence-corrected chi connectivity index (χ0v) is 10.4. The molecule has 0 radical (unpaired) electrons. The van der Waals surface area contributed by atoms with Crippen LogP contribution in [-0.4, -0.2) is 0 Å². The predicted molar refractivity (Wildman–Crippen MR) is 53.3 cm³/mol. The van der Waals surface area contributed by atoms with Crippen LogP contribution < -0.4 is 41.6 Å². The first-order chi connectivity index (χ1) is 5.66. The van der Waals surface area contributed by atoms with Crippen molar-refractivity contribution in [2.75, 3.05) is 0 Å². The van der Waals surface area contributed by atoms with E-state index in [1.54, 1.807) is 0 Å². The van der Waals surface area contributed by atoms with Gasteiger partial charge in [0.15, 0.2) is 0 Å². The molecular weight excluding hydrogens is 256 g/mol. The summed E-state index contributed by atoms with van der Waals surface area (Å²) in [7, 11) is -2.67. The molecule has 0 bridgehead atoms. The van der Waals surface area contributed by atoms with E-state index in [1.807, 2.05) is 0 Å². The molecule has 0 aliphatic carbocycles. The van der Waals surface area contributed by atoms with E-state index in [2.05, 4.69) is 22.0 Å². The summed E-state index contributed by atoms with van der Waals surface area (Å²) in [6, 6.07) is 0. The van der Waals surface area contributed by atoms with Crippen LogP contribution in [0.2, 0.25) is 0 Å². The topological polar surface area (TPSA) is 196 Å². The van der Waals surface area contributed by atoms with Gasteiger partial charge >= 0.3 is 7.43 Å². The molecule has 8 nitrogen and oxygen atoms in total. The van der Waals surface area contributed by atoms with E-state index >= 15 is 0 Å². The van der Waals surface area contributed by atoms with Crippen LogP contribution in [0, 0.1) is 7.43 Å². The molecule has 8 N–H and O–H groups in total. The first-order valence-electron chi connectivity index (χ1n) is 1.97. The van der Waals surface area contributed by atoms with Gasteiger partial charge in [0.05, 0.1) is 0 Å². The molecule has 4 atom stereocenters. The van der Waals surface area contributed by atoms with Crippen LogP contribution in [0.25, 0.3) is 0 Å². The minimum Gasteiger partial charge on any atom is -0.820 e. The van der Waals surface area contributed by atoms with Crippen molar-refractivity contribution in [3.05, 3.63) is 7.43 Å². The Morgan fingerprint density at radius 3 is 0.538 bits per heavy atom. The van der Waals surface area contributed by atoms with Crippen LogP contribution in [0.5, 0.6) is 0 Å². The predicted octanol–water partition coefficient (Wildman–Crippen LogP) is -4.66. The Balaban J connectivity index is -0.0000000213. The number of nitrogens with two attached hydrogens (primary N) is 4. The number of hydrogen-bond donors (Lipinski definition) is 4. The van der Waals surface area contributed by atoms with Crippen molar-refractivity contribution in [3.63, 3.8) is 0 Å². The standard InChI is InChI=1S/C.4H3NOP/c;4*1-3-2/h;4*3H,1H2/q+4;4*-1. The summed E-state index contributed by atoms with van der Waals surface area (Å²) >= 11 is 0. The molecule has 0 aromatic carbocycles. The Morgan fingerprint density at radius 1 is 0.538 bits per heavy atom. The summed E-state index contributed by atoms with van der Waals surface area (Å²) < 4.78 is 0. The maximum atomic E-state index is 8.74. The fourth-order valence-electron chi connectivity index (χ4n) is 0. The molecule has 0 heterocycles. The van der Waals surface area contributed by atoms with Crippen molar-refractivity contribution in [1.82, 2.24) is 0 Å². The largest absolute Gasteiger partial charge is 4.00 e. The van der Waals surface area contributed by atoms with Gasteiger partial charge in [0.1, 0.15) is 0 Å². The molecule has 0 aromatic heterocycles. The first kappa shape index (κ1) is 29.3. The van der Waals surface area contributed by atoms with Gasteiger partial charge in [0, 0.05) is 0 Å². The van der Waals surface area contributed by atoms with Gasteiger partial charge < -0.3 is 41.6 Å². The normalized spacial score (nSPS) is 9.23. The zero-order chi connectivity index (χ0) is 10.8. The van der Waals surface area contributed by atoms with E-state index in [0.717, 1.165) is 0 Å². The average Bonchev–Trinajstić information content (AvgIpc) is 1.92. The molecule has 80 valence electrons. The summed E-state index contributed by atoms with van der Waals surface area (Å²) in [6.45, 7) is 0. The maximum Gasteiger partial charge on any atom is 4.00 e. The molecule has 0 spiro atoms. The van der Waals surface area contributed by atoms with Gasteiger partial charge in [-0.05, 0) is 0 Å². The van der Waals surface area contributed by atoms with Gasteiger partial charge in [-0.15, -0.1) is 0 Å². The smallest absolute Gasteiger partial charge is 0.820 e. The van der Waals surface area contributed by atoms with Crippen molar-refractivity contribution in [1.29, 1.82) is 0 Å². The molecule has 0 aromatic rings. The third-order valence-electron chi connectivity index (χ3n) is 0. The molecule has 12 heteroatoms. The molecule has 13 heavy (non-hydrogen) atoms. The monoisotopic (exact) mass is 268 g/mol. The van der Waals surface area contributed by atoms with Gasteiger partial charge in [-0.2, -0.15) is 35.8 Å². The summed E-state index contributed by atoms with van der Waals surface area (Å²) in [4.78, 5) is 34.9. The van der Waals surface area contributed by atoms with Crippen LogP contribution in [0.1, 0.15) is 0 Å². The second kappa shape index (κ2) is 70.7. The summed E-state index contributed by atoms with van der Waals surface area (Å²) in [5.74, 6) is 0. The van der Waals surface area contributed by atoms with E-state index in [1.165, 1.54) is 0 Å². The van der Waals surface area contributed by atoms with E-state index in [9.17, 15) is 0 Å². The molecule has 0 aliphatic heterocycles. The molecular formula is CH12N4O4P4. The molecule has 0 saturated carbocycles. The molecule has 0 rings (SSSR count). The molecule has 0 fully saturated rings. The maximum absolute atomic E-state index is 8.74. The van der Waals surface area contributed by atoms with Crippen LogP contribution in [-0.2, 0) is 0 Å². The number of rotatable bonds is 0.